The van der Waals surface area contributed by atoms with Gasteiger partial charge >= 0.3 is 0 Å². The summed E-state index contributed by atoms with van der Waals surface area (Å²) < 4.78 is 6.95. The van der Waals surface area contributed by atoms with Gasteiger partial charge in [-0.1, -0.05) is 6.92 Å². The number of amides is 2. The minimum Gasteiger partial charge on any atom is -0.491 e. The molecule has 166 valence electrons. The Morgan fingerprint density at radius 3 is 2.29 bits per heavy atom. The lowest BCUT2D eigenvalue weighted by molar-refractivity contribution is -0.117. The van der Waals surface area contributed by atoms with Crippen LogP contribution in [-0.2, 0) is 22.7 Å². The Balaban J connectivity index is 1.71. The second-order valence-corrected chi connectivity index (χ2v) is 8.09. The molecule has 1 saturated heterocycles. The van der Waals surface area contributed by atoms with Crippen LogP contribution in [0.5, 0.6) is 5.75 Å². The third-order valence-corrected chi connectivity index (χ3v) is 5.47. The second kappa shape index (κ2) is 10.3. The van der Waals surface area contributed by atoms with Crippen LogP contribution in [0.25, 0.3) is 0 Å². The molecule has 0 saturated carbocycles. The van der Waals surface area contributed by atoms with Crippen LogP contribution < -0.4 is 20.8 Å². The second-order valence-electron chi connectivity index (χ2n) is 8.09. The molecule has 2 heterocycles. The lowest BCUT2D eigenvalue weighted by Gasteiger charge is -2.31. The van der Waals surface area contributed by atoms with Crippen LogP contribution >= 0.6 is 0 Å². The van der Waals surface area contributed by atoms with Gasteiger partial charge in [0.25, 0.3) is 0 Å². The fraction of sp³-hybridized carbons (Fsp3) is 0.435. The summed E-state index contributed by atoms with van der Waals surface area (Å²) in [7, 11) is 1.45. The SMILES string of the molecule is COc1cn(CC(=O)Nc2ccc(NC(C)=O)cc2)c(CN2CCC(C)CC2)cc1=O. The topological polar surface area (TPSA) is 92.7 Å². The number of carbonyl (C=O) groups excluding carboxylic acids is 2. The molecule has 2 aromatic rings. The van der Waals surface area contributed by atoms with Gasteiger partial charge in [0.2, 0.25) is 17.2 Å². The summed E-state index contributed by atoms with van der Waals surface area (Å²) in [4.78, 5) is 38.4. The number of piperidine rings is 1. The van der Waals surface area contributed by atoms with E-state index in [4.69, 9.17) is 4.74 Å². The Morgan fingerprint density at radius 1 is 1.10 bits per heavy atom. The van der Waals surface area contributed by atoms with Gasteiger partial charge in [-0.3, -0.25) is 19.3 Å². The van der Waals surface area contributed by atoms with E-state index in [0.29, 0.717) is 17.9 Å². The fourth-order valence-corrected chi connectivity index (χ4v) is 3.68. The number of nitrogens with one attached hydrogen (secondary N) is 2. The number of carbonyl (C=O) groups is 2. The summed E-state index contributed by atoms with van der Waals surface area (Å²) in [5.41, 5.74) is 1.89. The maximum absolute atomic E-state index is 12.7. The highest BCUT2D eigenvalue weighted by atomic mass is 16.5. The summed E-state index contributed by atoms with van der Waals surface area (Å²) in [5.74, 6) is 0.562. The summed E-state index contributed by atoms with van der Waals surface area (Å²) in [5, 5.41) is 5.54. The smallest absolute Gasteiger partial charge is 0.244 e. The van der Waals surface area contributed by atoms with E-state index in [1.807, 2.05) is 0 Å². The molecule has 2 N–H and O–H groups in total. The van der Waals surface area contributed by atoms with Gasteiger partial charge in [0.15, 0.2) is 5.75 Å². The molecule has 0 radical (unpaired) electrons. The zero-order valence-corrected chi connectivity index (χ0v) is 18.3. The van der Waals surface area contributed by atoms with E-state index in [1.165, 1.54) is 14.0 Å². The average Bonchev–Trinajstić information content (AvgIpc) is 2.72. The molecule has 0 aliphatic carbocycles. The van der Waals surface area contributed by atoms with E-state index in [1.54, 1.807) is 41.1 Å². The number of ether oxygens (including phenoxy) is 1. The van der Waals surface area contributed by atoms with Gasteiger partial charge in [0, 0.05) is 36.6 Å². The van der Waals surface area contributed by atoms with Gasteiger partial charge in [-0.05, 0) is 56.1 Å². The summed E-state index contributed by atoms with van der Waals surface area (Å²) in [6.07, 6.45) is 3.87. The van der Waals surface area contributed by atoms with E-state index in [9.17, 15) is 14.4 Å². The quantitative estimate of drug-likeness (QED) is 0.710. The highest BCUT2D eigenvalue weighted by molar-refractivity contribution is 5.92. The predicted molar refractivity (Wildman–Crippen MR) is 120 cm³/mol. The zero-order valence-electron chi connectivity index (χ0n) is 18.3. The average molecular weight is 427 g/mol. The van der Waals surface area contributed by atoms with Crippen LogP contribution in [0, 0.1) is 5.92 Å². The Kier molecular flexibility index (Phi) is 7.46. The van der Waals surface area contributed by atoms with Crippen molar-refractivity contribution in [2.45, 2.75) is 39.8 Å². The van der Waals surface area contributed by atoms with Gasteiger partial charge in [-0.2, -0.15) is 0 Å². The van der Waals surface area contributed by atoms with Crippen LogP contribution in [0.15, 0.2) is 41.3 Å². The summed E-state index contributed by atoms with van der Waals surface area (Å²) in [6.45, 7) is 6.33. The van der Waals surface area contributed by atoms with Crippen molar-refractivity contribution in [2.75, 3.05) is 30.8 Å². The van der Waals surface area contributed by atoms with Crippen LogP contribution in [0.2, 0.25) is 0 Å². The normalized spacial score (nSPS) is 14.8. The van der Waals surface area contributed by atoms with Crippen LogP contribution in [0.3, 0.4) is 0 Å². The Hall–Kier alpha value is -3.13. The molecule has 0 unspecified atom stereocenters. The number of nitrogens with zero attached hydrogens (tertiary/aromatic N) is 2. The Labute approximate surface area is 182 Å². The number of hydrogen-bond acceptors (Lipinski definition) is 5. The molecule has 0 spiro atoms. The first-order chi connectivity index (χ1) is 14.8. The molecular formula is C23H30N4O4. The molecule has 1 aliphatic heterocycles. The zero-order chi connectivity index (χ0) is 22.4. The van der Waals surface area contributed by atoms with E-state index in [-0.39, 0.29) is 29.5 Å². The largest absolute Gasteiger partial charge is 0.491 e. The lowest BCUT2D eigenvalue weighted by atomic mass is 9.99. The molecule has 31 heavy (non-hydrogen) atoms. The highest BCUT2D eigenvalue weighted by Gasteiger charge is 2.18. The molecule has 1 aromatic heterocycles. The minimum absolute atomic E-state index is 0.0592. The van der Waals surface area contributed by atoms with Crippen LogP contribution in [0.4, 0.5) is 11.4 Å². The van der Waals surface area contributed by atoms with E-state index < -0.39 is 0 Å². The van der Waals surface area contributed by atoms with Gasteiger partial charge < -0.3 is 19.9 Å². The molecule has 0 bridgehead atoms. The van der Waals surface area contributed by atoms with Gasteiger partial charge in [0.1, 0.15) is 6.54 Å². The Morgan fingerprint density at radius 2 is 1.71 bits per heavy atom. The Bertz CT molecular complexity index is 976. The maximum atomic E-state index is 12.7. The molecule has 8 heteroatoms. The number of aromatic nitrogens is 1. The molecular weight excluding hydrogens is 396 g/mol. The van der Waals surface area contributed by atoms with Crippen molar-refractivity contribution in [3.8, 4) is 5.75 Å². The first-order valence-electron chi connectivity index (χ1n) is 10.5. The van der Waals surface area contributed by atoms with Gasteiger partial charge in [0.05, 0.1) is 13.3 Å². The molecule has 8 nitrogen and oxygen atoms in total. The third-order valence-electron chi connectivity index (χ3n) is 5.47. The minimum atomic E-state index is -0.216. The van der Waals surface area contributed by atoms with Crippen LogP contribution in [-0.4, -0.2) is 41.5 Å². The predicted octanol–water partition coefficient (Wildman–Crippen LogP) is 2.69. The molecule has 3 rings (SSSR count). The van der Waals surface area contributed by atoms with E-state index in [2.05, 4.69) is 22.5 Å². The van der Waals surface area contributed by atoms with Gasteiger partial charge in [-0.25, -0.2) is 0 Å². The molecule has 2 amide bonds. The summed E-state index contributed by atoms with van der Waals surface area (Å²) >= 11 is 0. The fourth-order valence-electron chi connectivity index (χ4n) is 3.68. The molecule has 1 aliphatic rings. The lowest BCUT2D eigenvalue weighted by Crippen LogP contribution is -2.34. The van der Waals surface area contributed by atoms with E-state index >= 15 is 0 Å². The number of hydrogen-bond donors (Lipinski definition) is 2. The van der Waals surface area contributed by atoms with Crippen molar-refractivity contribution in [1.29, 1.82) is 0 Å². The number of pyridine rings is 1. The first kappa shape index (κ1) is 22.6. The van der Waals surface area contributed by atoms with Crippen molar-refractivity contribution in [3.63, 3.8) is 0 Å². The van der Waals surface area contributed by atoms with E-state index in [0.717, 1.165) is 37.5 Å². The summed E-state index contributed by atoms with van der Waals surface area (Å²) in [6, 6.07) is 8.46. The first-order valence-corrected chi connectivity index (χ1v) is 10.5. The number of rotatable bonds is 7. The van der Waals surface area contributed by atoms with Crippen molar-refractivity contribution < 1.29 is 14.3 Å². The highest BCUT2D eigenvalue weighted by Crippen LogP contribution is 2.19. The van der Waals surface area contributed by atoms with Gasteiger partial charge in [-0.15, -0.1) is 0 Å². The van der Waals surface area contributed by atoms with Crippen molar-refractivity contribution in [2.24, 2.45) is 5.92 Å². The van der Waals surface area contributed by atoms with Crippen LogP contribution in [0.1, 0.15) is 32.4 Å². The molecule has 0 atom stereocenters. The van der Waals surface area contributed by atoms with Crippen molar-refractivity contribution in [1.82, 2.24) is 9.47 Å². The monoisotopic (exact) mass is 426 g/mol. The number of methoxy groups -OCH3 is 1. The molecule has 1 aromatic carbocycles. The number of benzene rings is 1. The molecule has 1 fully saturated rings. The standard InChI is InChI=1S/C23H30N4O4/c1-16-8-10-26(11-9-16)13-20-12-21(29)22(31-3)14-27(20)15-23(30)25-19-6-4-18(5-7-19)24-17(2)28/h4-7,12,14,16H,8-11,13,15H2,1-3H3,(H,24,28)(H,25,30). The third kappa shape index (κ3) is 6.42. The maximum Gasteiger partial charge on any atom is 0.244 e. The van der Waals surface area contributed by atoms with Crippen molar-refractivity contribution >= 4 is 23.2 Å². The number of likely N-dealkylation sites (tertiary alicyclic amines) is 1. The number of anilines is 2. The van der Waals surface area contributed by atoms with Crippen molar-refractivity contribution in [3.05, 3.63) is 52.4 Å².